The molecule has 3 aromatic carbocycles. The van der Waals surface area contributed by atoms with E-state index in [4.69, 9.17) is 0 Å². The zero-order valence-corrected chi connectivity index (χ0v) is 18.1. The SMILES string of the molecule is Cc1ccc([C@@H]2C=C(Nc3ccc(C)c(C)c3)CN2c2ccc(C)c(C)c2)cc1. The molecule has 2 heteroatoms. The van der Waals surface area contributed by atoms with E-state index in [1.165, 1.54) is 44.8 Å². The monoisotopic (exact) mass is 382 g/mol. The van der Waals surface area contributed by atoms with Crippen LogP contribution in [0.25, 0.3) is 0 Å². The number of anilines is 2. The summed E-state index contributed by atoms with van der Waals surface area (Å²) in [6, 6.07) is 22.5. The van der Waals surface area contributed by atoms with Crippen LogP contribution in [0.1, 0.15) is 39.4 Å². The summed E-state index contributed by atoms with van der Waals surface area (Å²) in [5.74, 6) is 0. The summed E-state index contributed by atoms with van der Waals surface area (Å²) >= 11 is 0. The first-order valence-corrected chi connectivity index (χ1v) is 10.4. The fourth-order valence-corrected chi connectivity index (χ4v) is 3.90. The molecule has 0 radical (unpaired) electrons. The average molecular weight is 383 g/mol. The highest BCUT2D eigenvalue weighted by molar-refractivity contribution is 5.61. The van der Waals surface area contributed by atoms with Crippen LogP contribution >= 0.6 is 0 Å². The summed E-state index contributed by atoms with van der Waals surface area (Å²) in [5.41, 5.74) is 11.6. The number of benzene rings is 3. The van der Waals surface area contributed by atoms with E-state index in [0.717, 1.165) is 12.2 Å². The molecule has 1 aliphatic heterocycles. The first kappa shape index (κ1) is 19.3. The third-order valence-corrected chi connectivity index (χ3v) is 6.09. The molecule has 1 atom stereocenters. The second-order valence-electron chi connectivity index (χ2n) is 8.37. The highest BCUT2D eigenvalue weighted by atomic mass is 15.2. The maximum atomic E-state index is 3.67. The molecule has 0 saturated heterocycles. The van der Waals surface area contributed by atoms with Gasteiger partial charge in [0.05, 0.1) is 12.6 Å². The van der Waals surface area contributed by atoms with Crippen molar-refractivity contribution in [2.24, 2.45) is 0 Å². The van der Waals surface area contributed by atoms with Gasteiger partial charge in [-0.1, -0.05) is 42.0 Å². The molecular weight excluding hydrogens is 352 g/mol. The Kier molecular flexibility index (Phi) is 5.19. The van der Waals surface area contributed by atoms with Crippen LogP contribution in [-0.2, 0) is 0 Å². The molecule has 0 spiro atoms. The molecule has 0 unspecified atom stereocenters. The molecule has 29 heavy (non-hydrogen) atoms. The molecule has 0 bridgehead atoms. The van der Waals surface area contributed by atoms with Crippen molar-refractivity contribution in [2.45, 2.75) is 40.7 Å². The predicted octanol–water partition coefficient (Wildman–Crippen LogP) is 6.79. The average Bonchev–Trinajstić information content (AvgIpc) is 3.11. The highest BCUT2D eigenvalue weighted by Crippen LogP contribution is 2.36. The van der Waals surface area contributed by atoms with Crippen molar-refractivity contribution in [3.05, 3.63) is 106 Å². The minimum atomic E-state index is 0.228. The summed E-state index contributed by atoms with van der Waals surface area (Å²) < 4.78 is 0. The second-order valence-corrected chi connectivity index (χ2v) is 8.37. The van der Waals surface area contributed by atoms with Crippen LogP contribution in [0.2, 0.25) is 0 Å². The van der Waals surface area contributed by atoms with Crippen molar-refractivity contribution in [3.63, 3.8) is 0 Å². The first-order chi connectivity index (χ1) is 13.9. The van der Waals surface area contributed by atoms with E-state index < -0.39 is 0 Å². The summed E-state index contributed by atoms with van der Waals surface area (Å²) in [5, 5.41) is 3.67. The zero-order chi connectivity index (χ0) is 20.5. The van der Waals surface area contributed by atoms with E-state index in [1.807, 2.05) is 0 Å². The van der Waals surface area contributed by atoms with Crippen LogP contribution in [0.4, 0.5) is 11.4 Å². The van der Waals surface area contributed by atoms with Crippen molar-refractivity contribution in [1.82, 2.24) is 0 Å². The van der Waals surface area contributed by atoms with Gasteiger partial charge in [-0.05, 0) is 92.8 Å². The molecule has 2 nitrogen and oxygen atoms in total. The van der Waals surface area contributed by atoms with Gasteiger partial charge in [-0.3, -0.25) is 0 Å². The number of hydrogen-bond donors (Lipinski definition) is 1. The minimum Gasteiger partial charge on any atom is -0.358 e. The third kappa shape index (κ3) is 4.07. The van der Waals surface area contributed by atoms with Crippen LogP contribution < -0.4 is 10.2 Å². The topological polar surface area (TPSA) is 15.3 Å². The lowest BCUT2D eigenvalue weighted by Crippen LogP contribution is -2.25. The van der Waals surface area contributed by atoms with Gasteiger partial charge in [0.25, 0.3) is 0 Å². The van der Waals surface area contributed by atoms with Gasteiger partial charge in [0, 0.05) is 17.1 Å². The number of aryl methyl sites for hydroxylation is 5. The van der Waals surface area contributed by atoms with E-state index in [-0.39, 0.29) is 6.04 Å². The Balaban J connectivity index is 1.68. The van der Waals surface area contributed by atoms with Crippen LogP contribution in [0.15, 0.2) is 72.4 Å². The Morgan fingerprint density at radius 1 is 0.724 bits per heavy atom. The van der Waals surface area contributed by atoms with Crippen LogP contribution in [-0.4, -0.2) is 6.54 Å². The van der Waals surface area contributed by atoms with Crippen molar-refractivity contribution in [1.29, 1.82) is 0 Å². The lowest BCUT2D eigenvalue weighted by atomic mass is 10.0. The summed E-state index contributed by atoms with van der Waals surface area (Å²) in [6.45, 7) is 11.7. The number of hydrogen-bond acceptors (Lipinski definition) is 2. The van der Waals surface area contributed by atoms with Crippen molar-refractivity contribution >= 4 is 11.4 Å². The first-order valence-electron chi connectivity index (χ1n) is 10.4. The van der Waals surface area contributed by atoms with Gasteiger partial charge < -0.3 is 10.2 Å². The van der Waals surface area contributed by atoms with Crippen molar-refractivity contribution in [2.75, 3.05) is 16.8 Å². The second kappa shape index (κ2) is 7.79. The molecule has 1 N–H and O–H groups in total. The van der Waals surface area contributed by atoms with Gasteiger partial charge in [0.15, 0.2) is 0 Å². The molecule has 0 saturated carbocycles. The van der Waals surface area contributed by atoms with E-state index in [0.29, 0.717) is 0 Å². The van der Waals surface area contributed by atoms with Gasteiger partial charge in [-0.25, -0.2) is 0 Å². The van der Waals surface area contributed by atoms with E-state index in [9.17, 15) is 0 Å². The lowest BCUT2D eigenvalue weighted by Gasteiger charge is -2.28. The fraction of sp³-hybridized carbons (Fsp3) is 0.259. The van der Waals surface area contributed by atoms with E-state index >= 15 is 0 Å². The number of nitrogens with one attached hydrogen (secondary N) is 1. The minimum absolute atomic E-state index is 0.228. The molecule has 0 aromatic heterocycles. The third-order valence-electron chi connectivity index (χ3n) is 6.09. The molecular formula is C27H30N2. The Labute approximate surface area is 174 Å². The van der Waals surface area contributed by atoms with Gasteiger partial charge in [0.2, 0.25) is 0 Å². The highest BCUT2D eigenvalue weighted by Gasteiger charge is 2.27. The van der Waals surface area contributed by atoms with Gasteiger partial charge in [-0.15, -0.1) is 0 Å². The molecule has 1 aliphatic rings. The largest absolute Gasteiger partial charge is 0.358 e. The molecule has 0 amide bonds. The Morgan fingerprint density at radius 3 is 2.03 bits per heavy atom. The molecule has 3 aromatic rings. The molecule has 4 rings (SSSR count). The summed E-state index contributed by atoms with van der Waals surface area (Å²) in [4.78, 5) is 2.49. The lowest BCUT2D eigenvalue weighted by molar-refractivity contribution is 0.809. The normalized spacial score (nSPS) is 16.1. The van der Waals surface area contributed by atoms with Crippen LogP contribution in [0, 0.1) is 34.6 Å². The Morgan fingerprint density at radius 2 is 1.38 bits per heavy atom. The smallest absolute Gasteiger partial charge is 0.0751 e. The molecule has 0 fully saturated rings. The maximum absolute atomic E-state index is 3.67. The quantitative estimate of drug-likeness (QED) is 0.534. The van der Waals surface area contributed by atoms with E-state index in [2.05, 4.69) is 112 Å². The van der Waals surface area contributed by atoms with Crippen molar-refractivity contribution in [3.8, 4) is 0 Å². The summed E-state index contributed by atoms with van der Waals surface area (Å²) in [7, 11) is 0. The zero-order valence-electron chi connectivity index (χ0n) is 18.1. The van der Waals surface area contributed by atoms with Gasteiger partial charge >= 0.3 is 0 Å². The van der Waals surface area contributed by atoms with Crippen LogP contribution in [0.3, 0.4) is 0 Å². The van der Waals surface area contributed by atoms with Gasteiger partial charge in [0.1, 0.15) is 0 Å². The summed E-state index contributed by atoms with van der Waals surface area (Å²) in [6.07, 6.45) is 2.37. The fourth-order valence-electron chi connectivity index (χ4n) is 3.90. The molecule has 0 aliphatic carbocycles. The van der Waals surface area contributed by atoms with Gasteiger partial charge in [-0.2, -0.15) is 0 Å². The predicted molar refractivity (Wildman–Crippen MR) is 125 cm³/mol. The standard InChI is InChI=1S/C27H30N2/c1-18-6-10-23(11-7-18)27-16-25(28-24-12-8-19(2)21(4)14-24)17-29(27)26-13-9-20(3)22(5)15-26/h6-16,27-28H,17H2,1-5H3/t27-/m0/s1. The number of rotatable bonds is 4. The Hall–Kier alpha value is -3.00. The van der Waals surface area contributed by atoms with E-state index in [1.54, 1.807) is 0 Å². The van der Waals surface area contributed by atoms with Crippen LogP contribution in [0.5, 0.6) is 0 Å². The molecule has 1 heterocycles. The molecule has 148 valence electrons. The van der Waals surface area contributed by atoms with Crippen molar-refractivity contribution < 1.29 is 0 Å². The maximum Gasteiger partial charge on any atom is 0.0751 e. The Bertz CT molecular complexity index is 1060. The number of nitrogens with zero attached hydrogens (tertiary/aromatic N) is 1.